The van der Waals surface area contributed by atoms with Crippen LogP contribution < -0.4 is 5.32 Å². The lowest BCUT2D eigenvalue weighted by molar-refractivity contribution is 0.807. The molecule has 4 rings (SSSR count). The SMILES string of the molecule is Clc1ccc(NCc2nn3c(C4CC4)nnc3s2)cc1. The van der Waals surface area contributed by atoms with Gasteiger partial charge < -0.3 is 5.32 Å². The lowest BCUT2D eigenvalue weighted by Crippen LogP contribution is -2.00. The van der Waals surface area contributed by atoms with Gasteiger partial charge in [-0.1, -0.05) is 22.9 Å². The minimum Gasteiger partial charge on any atom is -0.378 e. The van der Waals surface area contributed by atoms with Crippen LogP contribution in [0.15, 0.2) is 24.3 Å². The number of rotatable bonds is 4. The monoisotopic (exact) mass is 305 g/mol. The van der Waals surface area contributed by atoms with Crippen molar-refractivity contribution in [3.63, 3.8) is 0 Å². The summed E-state index contributed by atoms with van der Waals surface area (Å²) >= 11 is 7.44. The van der Waals surface area contributed by atoms with Crippen LogP contribution in [-0.2, 0) is 6.54 Å². The van der Waals surface area contributed by atoms with Crippen LogP contribution in [0.25, 0.3) is 4.96 Å². The largest absolute Gasteiger partial charge is 0.378 e. The topological polar surface area (TPSA) is 55.1 Å². The Morgan fingerprint density at radius 2 is 2.05 bits per heavy atom. The van der Waals surface area contributed by atoms with Crippen LogP contribution in [0.1, 0.15) is 29.6 Å². The van der Waals surface area contributed by atoms with E-state index in [0.29, 0.717) is 12.5 Å². The van der Waals surface area contributed by atoms with Crippen molar-refractivity contribution in [1.29, 1.82) is 0 Å². The first kappa shape index (κ1) is 12.1. The highest BCUT2D eigenvalue weighted by Crippen LogP contribution is 2.39. The number of nitrogens with zero attached hydrogens (tertiary/aromatic N) is 4. The second-order valence-corrected chi connectivity index (χ2v) is 6.36. The summed E-state index contributed by atoms with van der Waals surface area (Å²) < 4.78 is 1.89. The summed E-state index contributed by atoms with van der Waals surface area (Å²) in [5, 5.41) is 18.1. The van der Waals surface area contributed by atoms with E-state index in [9.17, 15) is 0 Å². The molecule has 7 heteroatoms. The first-order valence-corrected chi connectivity index (χ1v) is 7.69. The molecule has 102 valence electrons. The van der Waals surface area contributed by atoms with Gasteiger partial charge in [-0.05, 0) is 37.1 Å². The van der Waals surface area contributed by atoms with Gasteiger partial charge in [0.2, 0.25) is 4.96 Å². The summed E-state index contributed by atoms with van der Waals surface area (Å²) in [6, 6.07) is 7.65. The van der Waals surface area contributed by atoms with Gasteiger partial charge in [0.1, 0.15) is 5.01 Å². The zero-order valence-corrected chi connectivity index (χ0v) is 12.2. The van der Waals surface area contributed by atoms with Crippen LogP contribution in [0.2, 0.25) is 5.02 Å². The first-order valence-electron chi connectivity index (χ1n) is 6.50. The first-order chi connectivity index (χ1) is 9.79. The minimum absolute atomic E-state index is 0.559. The second-order valence-electron chi connectivity index (χ2n) is 4.88. The van der Waals surface area contributed by atoms with Gasteiger partial charge in [-0.25, -0.2) is 0 Å². The molecule has 0 saturated heterocycles. The molecule has 0 bridgehead atoms. The van der Waals surface area contributed by atoms with Crippen LogP contribution >= 0.6 is 22.9 Å². The molecular formula is C13H12ClN5S. The molecular weight excluding hydrogens is 294 g/mol. The Kier molecular flexibility index (Phi) is 2.85. The Labute approximate surface area is 124 Å². The van der Waals surface area contributed by atoms with Crippen LogP contribution in [0.4, 0.5) is 5.69 Å². The molecule has 1 N–H and O–H groups in total. The van der Waals surface area contributed by atoms with Crippen molar-refractivity contribution in [3.05, 3.63) is 40.1 Å². The zero-order chi connectivity index (χ0) is 13.5. The van der Waals surface area contributed by atoms with Gasteiger partial charge in [0, 0.05) is 16.6 Å². The second kappa shape index (κ2) is 4.71. The average Bonchev–Trinajstić information content (AvgIpc) is 3.09. The maximum absolute atomic E-state index is 5.86. The van der Waals surface area contributed by atoms with Gasteiger partial charge >= 0.3 is 0 Å². The van der Waals surface area contributed by atoms with E-state index in [4.69, 9.17) is 11.6 Å². The van der Waals surface area contributed by atoms with Crippen LogP contribution in [0, 0.1) is 0 Å². The quantitative estimate of drug-likeness (QED) is 0.803. The number of fused-ring (bicyclic) bond motifs is 1. The lowest BCUT2D eigenvalue weighted by Gasteiger charge is -2.03. The van der Waals surface area contributed by atoms with Crippen molar-refractivity contribution in [2.75, 3.05) is 5.32 Å². The van der Waals surface area contributed by atoms with Crippen molar-refractivity contribution in [2.45, 2.75) is 25.3 Å². The molecule has 0 radical (unpaired) electrons. The Morgan fingerprint density at radius 1 is 1.25 bits per heavy atom. The van der Waals surface area contributed by atoms with Gasteiger partial charge in [0.25, 0.3) is 0 Å². The maximum Gasteiger partial charge on any atom is 0.234 e. The molecule has 20 heavy (non-hydrogen) atoms. The highest BCUT2D eigenvalue weighted by Gasteiger charge is 2.29. The van der Waals surface area contributed by atoms with Gasteiger partial charge in [-0.3, -0.25) is 0 Å². The highest BCUT2D eigenvalue weighted by molar-refractivity contribution is 7.16. The number of hydrogen-bond acceptors (Lipinski definition) is 5. The van der Waals surface area contributed by atoms with Gasteiger partial charge in [-0.15, -0.1) is 10.2 Å². The predicted octanol–water partition coefficient (Wildman–Crippen LogP) is 3.33. The molecule has 1 aliphatic rings. The molecule has 0 spiro atoms. The van der Waals surface area contributed by atoms with E-state index in [1.165, 1.54) is 12.8 Å². The van der Waals surface area contributed by atoms with Crippen molar-refractivity contribution < 1.29 is 0 Å². The molecule has 1 saturated carbocycles. The van der Waals surface area contributed by atoms with E-state index in [1.54, 1.807) is 11.3 Å². The van der Waals surface area contributed by atoms with E-state index >= 15 is 0 Å². The van der Waals surface area contributed by atoms with E-state index in [2.05, 4.69) is 20.6 Å². The number of anilines is 1. The molecule has 0 atom stereocenters. The normalized spacial score (nSPS) is 14.8. The van der Waals surface area contributed by atoms with Crippen molar-refractivity contribution >= 4 is 33.6 Å². The lowest BCUT2D eigenvalue weighted by atomic mass is 10.3. The fourth-order valence-electron chi connectivity index (χ4n) is 2.08. The molecule has 2 heterocycles. The van der Waals surface area contributed by atoms with Crippen molar-refractivity contribution in [3.8, 4) is 0 Å². The number of nitrogens with one attached hydrogen (secondary N) is 1. The molecule has 5 nitrogen and oxygen atoms in total. The van der Waals surface area contributed by atoms with E-state index in [-0.39, 0.29) is 0 Å². The summed E-state index contributed by atoms with van der Waals surface area (Å²) in [7, 11) is 0. The third-order valence-electron chi connectivity index (χ3n) is 3.29. The van der Waals surface area contributed by atoms with E-state index in [0.717, 1.165) is 26.5 Å². The zero-order valence-electron chi connectivity index (χ0n) is 10.6. The van der Waals surface area contributed by atoms with Crippen molar-refractivity contribution in [1.82, 2.24) is 19.8 Å². The van der Waals surface area contributed by atoms with Gasteiger partial charge in [0.15, 0.2) is 5.82 Å². The third kappa shape index (κ3) is 2.25. The van der Waals surface area contributed by atoms with Gasteiger partial charge in [-0.2, -0.15) is 9.61 Å². The van der Waals surface area contributed by atoms with E-state index in [1.807, 2.05) is 28.8 Å². The molecule has 3 aromatic rings. The number of aromatic nitrogens is 4. The summed E-state index contributed by atoms with van der Waals surface area (Å²) in [5.74, 6) is 1.57. The third-order valence-corrected chi connectivity index (χ3v) is 4.44. The molecule has 1 aliphatic carbocycles. The van der Waals surface area contributed by atoms with Crippen LogP contribution in [0.5, 0.6) is 0 Å². The smallest absolute Gasteiger partial charge is 0.234 e. The molecule has 0 amide bonds. The summed E-state index contributed by atoms with van der Waals surface area (Å²) in [6.45, 7) is 0.680. The fraction of sp³-hybridized carbons (Fsp3) is 0.308. The van der Waals surface area contributed by atoms with E-state index < -0.39 is 0 Å². The standard InChI is InChI=1S/C13H12ClN5S/c14-9-3-5-10(6-4-9)15-7-11-18-19-12(8-1-2-8)16-17-13(19)20-11/h3-6,8,15H,1-2,7H2. The maximum atomic E-state index is 5.86. The number of benzene rings is 1. The average molecular weight is 306 g/mol. The van der Waals surface area contributed by atoms with Gasteiger partial charge in [0.05, 0.1) is 6.54 Å². The van der Waals surface area contributed by atoms with Crippen molar-refractivity contribution in [2.24, 2.45) is 0 Å². The molecule has 2 aromatic heterocycles. The Hall–Kier alpha value is -1.66. The molecule has 0 unspecified atom stereocenters. The predicted molar refractivity (Wildman–Crippen MR) is 79.4 cm³/mol. The summed E-state index contributed by atoms with van der Waals surface area (Å²) in [4.78, 5) is 0.875. The Bertz CT molecular complexity index is 744. The minimum atomic E-state index is 0.559. The summed E-state index contributed by atoms with van der Waals surface area (Å²) in [5.41, 5.74) is 1.03. The molecule has 1 aromatic carbocycles. The Balaban J connectivity index is 1.52. The van der Waals surface area contributed by atoms with Crippen LogP contribution in [-0.4, -0.2) is 19.8 Å². The highest BCUT2D eigenvalue weighted by atomic mass is 35.5. The molecule has 0 aliphatic heterocycles. The Morgan fingerprint density at radius 3 is 2.80 bits per heavy atom. The summed E-state index contributed by atoms with van der Waals surface area (Å²) in [6.07, 6.45) is 2.41. The fourth-order valence-corrected chi connectivity index (χ4v) is 2.99. The number of hydrogen-bond donors (Lipinski definition) is 1. The molecule has 1 fully saturated rings. The van der Waals surface area contributed by atoms with Crippen LogP contribution in [0.3, 0.4) is 0 Å². The number of halogens is 1.